The Labute approximate surface area is 245 Å². The van der Waals surface area contributed by atoms with Crippen LogP contribution in [0.5, 0.6) is 0 Å². The Balaban J connectivity index is 1.04. The van der Waals surface area contributed by atoms with E-state index in [9.17, 15) is 4.79 Å². The fourth-order valence-corrected chi connectivity index (χ4v) is 5.13. The normalized spacial score (nSPS) is 18.2. The average molecular weight is 567 g/mol. The van der Waals surface area contributed by atoms with Crippen LogP contribution in [0.4, 0.5) is 0 Å². The third kappa shape index (κ3) is 7.12. The highest BCUT2D eigenvalue weighted by atomic mass is 16.7. The lowest BCUT2D eigenvalue weighted by atomic mass is 10.1. The number of nitrogens with zero attached hydrogens (tertiary/aromatic N) is 5. The van der Waals surface area contributed by atoms with E-state index in [-0.39, 0.29) is 18.3 Å². The largest absolute Gasteiger partial charge is 0.356 e. The molecule has 0 aliphatic carbocycles. The van der Waals surface area contributed by atoms with Gasteiger partial charge in [0.2, 0.25) is 5.91 Å². The van der Waals surface area contributed by atoms with Crippen molar-refractivity contribution in [2.24, 2.45) is 0 Å². The summed E-state index contributed by atoms with van der Waals surface area (Å²) in [6.45, 7) is 5.84. The van der Waals surface area contributed by atoms with Crippen molar-refractivity contribution in [3.8, 4) is 23.2 Å². The summed E-state index contributed by atoms with van der Waals surface area (Å²) in [5, 5.41) is 7.12. The first-order valence-corrected chi connectivity index (χ1v) is 14.4. The second kappa shape index (κ2) is 13.1. The van der Waals surface area contributed by atoms with Gasteiger partial charge in [-0.2, -0.15) is 0 Å². The smallest absolute Gasteiger partial charge is 0.234 e. The Kier molecular flexibility index (Phi) is 8.70. The summed E-state index contributed by atoms with van der Waals surface area (Å²) < 4.78 is 19.5. The Hall–Kier alpha value is -4.30. The van der Waals surface area contributed by atoms with Crippen molar-refractivity contribution in [2.45, 2.75) is 51.7 Å². The molecule has 2 atom stereocenters. The van der Waals surface area contributed by atoms with E-state index in [0.29, 0.717) is 31.9 Å². The Morgan fingerprint density at radius 3 is 2.71 bits per heavy atom. The standard InChI is InChI=1S/C32H34N6O4/c1-23(41-31-4-2-3-17-40-31)32-34-14-16-38(32)21-28-18-29(42-36-28)26-10-7-24(8-11-26)5-6-25-9-12-27(35-19-25)20-37-15-13-33-30(39)22-37/h7-12,14,16,18-19,23,31H,2-4,13,15,17,20-22H2,1H3,(H,33,39). The molecule has 3 aromatic heterocycles. The highest BCUT2D eigenvalue weighted by molar-refractivity contribution is 5.78. The molecule has 2 aliphatic heterocycles. The first-order chi connectivity index (χ1) is 20.6. The zero-order valence-corrected chi connectivity index (χ0v) is 23.7. The van der Waals surface area contributed by atoms with Crippen LogP contribution in [0, 0.1) is 11.8 Å². The molecular formula is C32H34N6O4. The number of benzene rings is 1. The Morgan fingerprint density at radius 1 is 1.07 bits per heavy atom. The van der Waals surface area contributed by atoms with Gasteiger partial charge in [-0.15, -0.1) is 0 Å². The van der Waals surface area contributed by atoms with Gasteiger partial charge in [-0.05, 0) is 62.6 Å². The topological polar surface area (TPSA) is 108 Å². The molecular weight excluding hydrogens is 532 g/mol. The van der Waals surface area contributed by atoms with E-state index in [0.717, 1.165) is 66.3 Å². The summed E-state index contributed by atoms with van der Waals surface area (Å²) in [4.78, 5) is 22.7. The van der Waals surface area contributed by atoms with E-state index >= 15 is 0 Å². The van der Waals surface area contributed by atoms with Crippen LogP contribution in [0.25, 0.3) is 11.3 Å². The molecule has 10 nitrogen and oxygen atoms in total. The van der Waals surface area contributed by atoms with Gasteiger partial charge in [-0.3, -0.25) is 14.7 Å². The highest BCUT2D eigenvalue weighted by Gasteiger charge is 2.21. The number of piperazine rings is 1. The number of rotatable bonds is 8. The highest BCUT2D eigenvalue weighted by Crippen LogP contribution is 2.25. The summed E-state index contributed by atoms with van der Waals surface area (Å²) in [6.07, 6.45) is 8.23. The number of hydrogen-bond acceptors (Lipinski definition) is 8. The van der Waals surface area contributed by atoms with Crippen molar-refractivity contribution in [3.63, 3.8) is 0 Å². The molecule has 1 aromatic carbocycles. The molecule has 42 heavy (non-hydrogen) atoms. The van der Waals surface area contributed by atoms with Gasteiger partial charge in [0.15, 0.2) is 12.1 Å². The van der Waals surface area contributed by atoms with Crippen molar-refractivity contribution in [1.29, 1.82) is 0 Å². The van der Waals surface area contributed by atoms with Crippen molar-refractivity contribution in [2.75, 3.05) is 26.2 Å². The lowest BCUT2D eigenvalue weighted by Crippen LogP contribution is -2.47. The first kappa shape index (κ1) is 27.8. The van der Waals surface area contributed by atoms with Crippen molar-refractivity contribution in [1.82, 2.24) is 29.9 Å². The number of carbonyl (C=O) groups excluding carboxylic acids is 1. The van der Waals surface area contributed by atoms with Gasteiger partial charge in [-0.25, -0.2) is 4.98 Å². The average Bonchev–Trinajstić information content (AvgIpc) is 3.68. The zero-order chi connectivity index (χ0) is 28.7. The van der Waals surface area contributed by atoms with Crippen LogP contribution >= 0.6 is 0 Å². The van der Waals surface area contributed by atoms with E-state index < -0.39 is 0 Å². The quantitative estimate of drug-likeness (QED) is 0.320. The number of carbonyl (C=O) groups is 1. The Morgan fingerprint density at radius 2 is 1.93 bits per heavy atom. The van der Waals surface area contributed by atoms with E-state index in [2.05, 4.69) is 37.2 Å². The monoisotopic (exact) mass is 566 g/mol. The third-order valence-corrected chi connectivity index (χ3v) is 7.34. The molecule has 1 N–H and O–H groups in total. The maximum absolute atomic E-state index is 11.6. The van der Waals surface area contributed by atoms with Gasteiger partial charge < -0.3 is 23.9 Å². The van der Waals surface area contributed by atoms with Crippen LogP contribution in [0.3, 0.4) is 0 Å². The number of pyridine rings is 1. The van der Waals surface area contributed by atoms with Gasteiger partial charge in [0.25, 0.3) is 0 Å². The number of amides is 1. The fraction of sp³-hybridized carbons (Fsp3) is 0.375. The summed E-state index contributed by atoms with van der Waals surface area (Å²) >= 11 is 0. The second-order valence-electron chi connectivity index (χ2n) is 10.6. The van der Waals surface area contributed by atoms with Gasteiger partial charge >= 0.3 is 0 Å². The molecule has 2 unspecified atom stereocenters. The minimum Gasteiger partial charge on any atom is -0.356 e. The maximum Gasteiger partial charge on any atom is 0.234 e. The lowest BCUT2D eigenvalue weighted by molar-refractivity contribution is -0.188. The molecule has 2 saturated heterocycles. The van der Waals surface area contributed by atoms with Gasteiger partial charge in [0.05, 0.1) is 18.8 Å². The number of nitrogens with one attached hydrogen (secondary N) is 1. The Bertz CT molecular complexity index is 1540. The number of ether oxygens (including phenoxy) is 2. The van der Waals surface area contributed by atoms with Crippen molar-refractivity contribution < 1.29 is 18.8 Å². The molecule has 1 amide bonds. The van der Waals surface area contributed by atoms with Crippen LogP contribution < -0.4 is 5.32 Å². The summed E-state index contributed by atoms with van der Waals surface area (Å²) in [5.41, 5.74) is 4.37. The summed E-state index contributed by atoms with van der Waals surface area (Å²) in [5.74, 6) is 7.95. The van der Waals surface area contributed by atoms with E-state index in [1.165, 1.54) is 0 Å². The molecule has 5 heterocycles. The van der Waals surface area contributed by atoms with Crippen LogP contribution in [-0.2, 0) is 27.4 Å². The molecule has 0 spiro atoms. The molecule has 2 aliphatic rings. The number of aromatic nitrogens is 4. The van der Waals surface area contributed by atoms with Crippen LogP contribution in [0.1, 0.15) is 60.6 Å². The SMILES string of the molecule is CC(OC1CCCCO1)c1nccn1Cc1cc(-c2ccc(C#Cc3ccc(CN4CCNC(=O)C4)nc3)cc2)on1. The molecule has 4 aromatic rings. The second-order valence-corrected chi connectivity index (χ2v) is 10.6. The minimum atomic E-state index is -0.193. The van der Waals surface area contributed by atoms with Gasteiger partial charge in [-0.1, -0.05) is 17.0 Å². The predicted octanol–water partition coefficient (Wildman–Crippen LogP) is 3.92. The van der Waals surface area contributed by atoms with E-state index in [1.54, 1.807) is 12.4 Å². The lowest BCUT2D eigenvalue weighted by Gasteiger charge is -2.26. The van der Waals surface area contributed by atoms with E-state index in [4.69, 9.17) is 14.0 Å². The fourth-order valence-electron chi connectivity index (χ4n) is 5.13. The first-order valence-electron chi connectivity index (χ1n) is 14.4. The zero-order valence-electron chi connectivity index (χ0n) is 23.7. The number of imidazole rings is 1. The van der Waals surface area contributed by atoms with Crippen molar-refractivity contribution >= 4 is 5.91 Å². The van der Waals surface area contributed by atoms with Gasteiger partial charge in [0, 0.05) is 67.6 Å². The molecule has 6 rings (SSSR count). The predicted molar refractivity (Wildman–Crippen MR) is 155 cm³/mol. The minimum absolute atomic E-state index is 0.0586. The molecule has 10 heteroatoms. The molecule has 2 fully saturated rings. The molecule has 0 bridgehead atoms. The van der Waals surface area contributed by atoms with Crippen molar-refractivity contribution in [3.05, 3.63) is 89.4 Å². The van der Waals surface area contributed by atoms with Gasteiger partial charge in [0.1, 0.15) is 17.6 Å². The maximum atomic E-state index is 11.6. The third-order valence-electron chi connectivity index (χ3n) is 7.34. The molecule has 0 saturated carbocycles. The van der Waals surface area contributed by atoms with E-state index in [1.807, 2.05) is 60.2 Å². The summed E-state index contributed by atoms with van der Waals surface area (Å²) in [7, 11) is 0. The van der Waals surface area contributed by atoms with Crippen LogP contribution in [-0.4, -0.2) is 63.0 Å². The van der Waals surface area contributed by atoms with Crippen LogP contribution in [0.15, 0.2) is 65.6 Å². The molecule has 0 radical (unpaired) electrons. The number of hydrogen-bond donors (Lipinski definition) is 1. The molecule has 216 valence electrons. The van der Waals surface area contributed by atoms with Crippen LogP contribution in [0.2, 0.25) is 0 Å². The summed E-state index contributed by atoms with van der Waals surface area (Å²) in [6, 6.07) is 13.8.